The molecular formula is C7H7IN4. The van der Waals surface area contributed by atoms with Crippen LogP contribution >= 0.6 is 22.6 Å². The molecule has 0 aromatic carbocycles. The molecule has 0 aromatic rings. The van der Waals surface area contributed by atoms with E-state index < -0.39 is 0 Å². The summed E-state index contributed by atoms with van der Waals surface area (Å²) in [5.74, 6) is 0.925. The lowest BCUT2D eigenvalue weighted by molar-refractivity contribution is 0.587. The molecule has 4 nitrogen and oxygen atoms in total. The van der Waals surface area contributed by atoms with E-state index in [0.717, 1.165) is 5.84 Å². The molecule has 62 valence electrons. The Hall–Kier alpha value is -0.720. The molecule has 2 atom stereocenters. The Balaban J connectivity index is 2.35. The summed E-state index contributed by atoms with van der Waals surface area (Å²) in [5.41, 5.74) is 0. The van der Waals surface area contributed by atoms with E-state index in [-0.39, 0.29) is 12.1 Å². The monoisotopic (exact) mass is 274 g/mol. The van der Waals surface area contributed by atoms with Crippen LogP contribution in [-0.2, 0) is 0 Å². The van der Waals surface area contributed by atoms with Crippen LogP contribution in [0, 0.1) is 5.92 Å². The minimum atomic E-state index is 0.0786. The van der Waals surface area contributed by atoms with Crippen LogP contribution in [0.25, 0.3) is 0 Å². The summed E-state index contributed by atoms with van der Waals surface area (Å²) < 4.78 is 1.18. The predicted molar refractivity (Wildman–Crippen MR) is 58.0 cm³/mol. The second-order valence-electron chi connectivity index (χ2n) is 2.53. The van der Waals surface area contributed by atoms with Crippen LogP contribution in [-0.4, -0.2) is 25.1 Å². The van der Waals surface area contributed by atoms with Gasteiger partial charge in [-0.05, 0) is 29.3 Å². The Labute approximate surface area is 83.7 Å². The first-order chi connectivity index (χ1) is 5.83. The van der Waals surface area contributed by atoms with Gasteiger partial charge in [-0.15, -0.1) is 0 Å². The molecule has 2 aliphatic rings. The van der Waals surface area contributed by atoms with Crippen molar-refractivity contribution in [2.45, 2.75) is 6.17 Å². The summed E-state index contributed by atoms with van der Waals surface area (Å²) >= 11 is 2.26. The molecule has 0 saturated heterocycles. The van der Waals surface area contributed by atoms with Gasteiger partial charge in [0.25, 0.3) is 0 Å². The molecule has 1 N–H and O–H groups in total. The minimum absolute atomic E-state index is 0.0786. The fourth-order valence-electron chi connectivity index (χ4n) is 1.28. The minimum Gasteiger partial charge on any atom is -0.368 e. The molecule has 5 heteroatoms. The molecule has 0 radical (unpaired) electrons. The van der Waals surface area contributed by atoms with Crippen LogP contribution in [0.3, 0.4) is 0 Å². The van der Waals surface area contributed by atoms with Gasteiger partial charge >= 0.3 is 0 Å². The van der Waals surface area contributed by atoms with Gasteiger partial charge in [0.05, 0.1) is 5.92 Å². The van der Waals surface area contributed by atoms with Gasteiger partial charge in [-0.25, -0.2) is 15.0 Å². The number of nitrogens with zero attached hydrogens (tertiary/aromatic N) is 3. The van der Waals surface area contributed by atoms with Gasteiger partial charge in [0.2, 0.25) is 0 Å². The second-order valence-corrected chi connectivity index (χ2v) is 3.77. The van der Waals surface area contributed by atoms with Gasteiger partial charge in [-0.1, -0.05) is 0 Å². The third-order valence-electron chi connectivity index (χ3n) is 1.86. The fraction of sp³-hybridized carbons (Fsp3) is 0.286. The lowest BCUT2D eigenvalue weighted by Gasteiger charge is -2.18. The zero-order valence-corrected chi connectivity index (χ0v) is 8.39. The van der Waals surface area contributed by atoms with E-state index in [2.05, 4.69) is 49.6 Å². The summed E-state index contributed by atoms with van der Waals surface area (Å²) in [4.78, 5) is 12.1. The van der Waals surface area contributed by atoms with Crippen molar-refractivity contribution in [3.8, 4) is 0 Å². The number of hydrogen-bond donors (Lipinski definition) is 1. The van der Waals surface area contributed by atoms with E-state index in [1.54, 1.807) is 0 Å². The van der Waals surface area contributed by atoms with Crippen LogP contribution in [0.1, 0.15) is 0 Å². The van der Waals surface area contributed by atoms with Gasteiger partial charge in [0.1, 0.15) is 18.3 Å². The maximum Gasteiger partial charge on any atom is 0.141 e. The highest BCUT2D eigenvalue weighted by Crippen LogP contribution is 2.30. The molecule has 0 fully saturated rings. The van der Waals surface area contributed by atoms with Crippen molar-refractivity contribution in [2.75, 3.05) is 0 Å². The third-order valence-corrected chi connectivity index (χ3v) is 2.84. The largest absolute Gasteiger partial charge is 0.368 e. The van der Waals surface area contributed by atoms with Crippen molar-refractivity contribution >= 4 is 41.5 Å². The van der Waals surface area contributed by atoms with Gasteiger partial charge < -0.3 is 5.32 Å². The van der Waals surface area contributed by atoms with Crippen LogP contribution in [0.5, 0.6) is 0 Å². The Morgan fingerprint density at radius 1 is 1.67 bits per heavy atom. The highest BCUT2D eigenvalue weighted by atomic mass is 127. The molecule has 0 aliphatic carbocycles. The van der Waals surface area contributed by atoms with Crippen LogP contribution < -0.4 is 5.32 Å². The smallest absolute Gasteiger partial charge is 0.141 e. The highest BCUT2D eigenvalue weighted by Gasteiger charge is 2.33. The predicted octanol–water partition coefficient (Wildman–Crippen LogP) is 0.949. The van der Waals surface area contributed by atoms with Crippen molar-refractivity contribution in [3.05, 3.63) is 9.78 Å². The highest BCUT2D eigenvalue weighted by molar-refractivity contribution is 14.1. The molecule has 2 unspecified atom stereocenters. The van der Waals surface area contributed by atoms with Gasteiger partial charge in [0.15, 0.2) is 0 Å². The van der Waals surface area contributed by atoms with Crippen LogP contribution in [0.4, 0.5) is 0 Å². The summed E-state index contributed by atoms with van der Waals surface area (Å²) in [6.07, 6.45) is 3.55. The zero-order chi connectivity index (χ0) is 8.55. The number of rotatable bonds is 0. The molecule has 0 saturated carbocycles. The lowest BCUT2D eigenvalue weighted by atomic mass is 10.1. The molecule has 0 bridgehead atoms. The first-order valence-electron chi connectivity index (χ1n) is 3.50. The average Bonchev–Trinajstić information content (AvgIpc) is 2.48. The summed E-state index contributed by atoms with van der Waals surface area (Å²) in [7, 11) is 0. The SMILES string of the molecule is C=NC1=NC=NC2NC=C(I)C12. The number of amidine groups is 1. The first-order valence-corrected chi connectivity index (χ1v) is 4.58. The van der Waals surface area contributed by atoms with Gasteiger partial charge in [-0.3, -0.25) is 0 Å². The lowest BCUT2D eigenvalue weighted by Crippen LogP contribution is -2.32. The Kier molecular flexibility index (Phi) is 1.95. The van der Waals surface area contributed by atoms with Crippen LogP contribution in [0.2, 0.25) is 0 Å². The molecule has 12 heavy (non-hydrogen) atoms. The molecule has 2 rings (SSSR count). The van der Waals surface area contributed by atoms with Crippen molar-refractivity contribution in [1.29, 1.82) is 0 Å². The number of hydrogen-bond acceptors (Lipinski definition) is 4. The molecular weight excluding hydrogens is 267 g/mol. The quantitative estimate of drug-likeness (QED) is 0.519. The molecule has 0 aromatic heterocycles. The van der Waals surface area contributed by atoms with Crippen molar-refractivity contribution in [3.63, 3.8) is 0 Å². The van der Waals surface area contributed by atoms with E-state index >= 15 is 0 Å². The molecule has 0 spiro atoms. The van der Waals surface area contributed by atoms with Crippen molar-refractivity contribution in [1.82, 2.24) is 5.32 Å². The fourth-order valence-corrected chi connectivity index (χ4v) is 2.08. The average molecular weight is 274 g/mol. The first kappa shape index (κ1) is 7.90. The standard InChI is InChI=1S/C7H7IN4/c1-9-6-5-4(8)2-10-7(5)12-3-11-6/h2-3,5,7,10H,1H2. The summed E-state index contributed by atoms with van der Waals surface area (Å²) in [5, 5.41) is 3.14. The zero-order valence-electron chi connectivity index (χ0n) is 6.24. The molecule has 0 amide bonds. The Morgan fingerprint density at radius 3 is 3.25 bits per heavy atom. The molecule has 2 aliphatic heterocycles. The number of nitrogens with one attached hydrogen (secondary N) is 1. The van der Waals surface area contributed by atoms with Gasteiger partial charge in [0, 0.05) is 9.78 Å². The summed E-state index contributed by atoms with van der Waals surface area (Å²) in [6.45, 7) is 3.48. The maximum atomic E-state index is 4.17. The van der Waals surface area contributed by atoms with E-state index in [1.807, 2.05) is 6.20 Å². The van der Waals surface area contributed by atoms with Crippen LogP contribution in [0.15, 0.2) is 24.8 Å². The van der Waals surface area contributed by atoms with E-state index in [1.165, 1.54) is 9.92 Å². The number of fused-ring (bicyclic) bond motifs is 1. The van der Waals surface area contributed by atoms with Crippen molar-refractivity contribution < 1.29 is 0 Å². The van der Waals surface area contributed by atoms with E-state index in [0.29, 0.717) is 0 Å². The Morgan fingerprint density at radius 2 is 2.50 bits per heavy atom. The second kappa shape index (κ2) is 2.96. The molecule has 2 heterocycles. The van der Waals surface area contributed by atoms with Gasteiger partial charge in [-0.2, -0.15) is 0 Å². The third kappa shape index (κ3) is 1.08. The Bertz CT molecular complexity index is 305. The topological polar surface area (TPSA) is 49.1 Å². The van der Waals surface area contributed by atoms with E-state index in [9.17, 15) is 0 Å². The normalized spacial score (nSPS) is 31.8. The maximum absolute atomic E-state index is 4.17. The van der Waals surface area contributed by atoms with Crippen molar-refractivity contribution in [2.24, 2.45) is 20.9 Å². The van der Waals surface area contributed by atoms with E-state index in [4.69, 9.17) is 0 Å². The number of halogens is 1. The summed E-state index contributed by atoms with van der Waals surface area (Å²) in [6, 6.07) is 0. The number of aliphatic imine (C=N–C) groups is 3.